The average molecular weight is 316 g/mol. The standard InChI is InChI=1S/C15H20N6S/c1-19-7-9-21(10-8-19)15-17-12-4-11-22-13(12)14(18-15)20(2)6-3-5-16/h4,11H,3,6-10H2,1-2H3. The van der Waals surface area contributed by atoms with Crippen LogP contribution in [0.1, 0.15) is 6.42 Å². The Morgan fingerprint density at radius 3 is 2.82 bits per heavy atom. The van der Waals surface area contributed by atoms with E-state index >= 15 is 0 Å². The van der Waals surface area contributed by atoms with Crippen molar-refractivity contribution in [1.29, 1.82) is 5.26 Å². The second-order valence-corrected chi connectivity index (χ2v) is 6.52. The molecule has 0 radical (unpaired) electrons. The summed E-state index contributed by atoms with van der Waals surface area (Å²) in [4.78, 5) is 16.1. The third-order valence-corrected chi connectivity index (χ3v) is 4.88. The van der Waals surface area contributed by atoms with E-state index in [0.29, 0.717) is 13.0 Å². The second-order valence-electron chi connectivity index (χ2n) is 5.60. The summed E-state index contributed by atoms with van der Waals surface area (Å²) in [6, 6.07) is 4.24. The summed E-state index contributed by atoms with van der Waals surface area (Å²) in [5.41, 5.74) is 0.993. The molecule has 22 heavy (non-hydrogen) atoms. The molecule has 1 fully saturated rings. The maximum absolute atomic E-state index is 8.80. The lowest BCUT2D eigenvalue weighted by Gasteiger charge is -2.32. The Bertz CT molecular complexity index is 683. The van der Waals surface area contributed by atoms with Gasteiger partial charge in [0.25, 0.3) is 0 Å². The summed E-state index contributed by atoms with van der Waals surface area (Å²) < 4.78 is 1.10. The summed E-state index contributed by atoms with van der Waals surface area (Å²) in [5, 5.41) is 10.8. The lowest BCUT2D eigenvalue weighted by Crippen LogP contribution is -2.45. The van der Waals surface area contributed by atoms with Crippen molar-refractivity contribution in [3.8, 4) is 6.07 Å². The van der Waals surface area contributed by atoms with Crippen LogP contribution in [0.4, 0.5) is 11.8 Å². The highest BCUT2D eigenvalue weighted by Gasteiger charge is 2.20. The molecule has 0 N–H and O–H groups in total. The van der Waals surface area contributed by atoms with Gasteiger partial charge in [0.05, 0.1) is 22.7 Å². The van der Waals surface area contributed by atoms with E-state index in [0.717, 1.165) is 48.2 Å². The van der Waals surface area contributed by atoms with Gasteiger partial charge in [-0.05, 0) is 18.5 Å². The molecular formula is C15H20N6S. The van der Waals surface area contributed by atoms with Gasteiger partial charge in [0.15, 0.2) is 5.82 Å². The number of nitrogens with zero attached hydrogens (tertiary/aromatic N) is 6. The molecule has 1 saturated heterocycles. The van der Waals surface area contributed by atoms with Gasteiger partial charge in [0.1, 0.15) is 0 Å². The second kappa shape index (κ2) is 6.46. The number of hydrogen-bond donors (Lipinski definition) is 0. The molecule has 0 bridgehead atoms. The third kappa shape index (κ3) is 2.98. The van der Waals surface area contributed by atoms with Crippen LogP contribution in [0.3, 0.4) is 0 Å². The van der Waals surface area contributed by atoms with Crippen LogP contribution in [0, 0.1) is 11.3 Å². The Morgan fingerprint density at radius 2 is 2.09 bits per heavy atom. The topological polar surface area (TPSA) is 59.3 Å². The number of fused-ring (bicyclic) bond motifs is 1. The van der Waals surface area contributed by atoms with Crippen molar-refractivity contribution in [3.05, 3.63) is 11.4 Å². The summed E-state index contributed by atoms with van der Waals surface area (Å²) in [7, 11) is 4.13. The smallest absolute Gasteiger partial charge is 0.228 e. The predicted molar refractivity (Wildman–Crippen MR) is 90.6 cm³/mol. The first-order valence-electron chi connectivity index (χ1n) is 7.46. The maximum Gasteiger partial charge on any atom is 0.228 e. The number of hydrogen-bond acceptors (Lipinski definition) is 7. The van der Waals surface area contributed by atoms with Crippen LogP contribution < -0.4 is 9.80 Å². The zero-order chi connectivity index (χ0) is 15.5. The number of aromatic nitrogens is 2. The third-order valence-electron chi connectivity index (χ3n) is 3.98. The Balaban J connectivity index is 1.93. The molecule has 1 aliphatic heterocycles. The Kier molecular flexibility index (Phi) is 4.41. The fourth-order valence-electron chi connectivity index (χ4n) is 2.57. The van der Waals surface area contributed by atoms with Crippen molar-refractivity contribution in [2.24, 2.45) is 0 Å². The van der Waals surface area contributed by atoms with Crippen LogP contribution in [0.15, 0.2) is 11.4 Å². The van der Waals surface area contributed by atoms with Crippen molar-refractivity contribution in [1.82, 2.24) is 14.9 Å². The molecule has 1 aliphatic rings. The van der Waals surface area contributed by atoms with Gasteiger partial charge in [0.2, 0.25) is 5.95 Å². The highest BCUT2D eigenvalue weighted by Crippen LogP contribution is 2.30. The number of nitriles is 1. The van der Waals surface area contributed by atoms with E-state index in [2.05, 4.69) is 33.2 Å². The maximum atomic E-state index is 8.80. The molecule has 3 heterocycles. The molecule has 7 heteroatoms. The number of thiophene rings is 1. The summed E-state index contributed by atoms with van der Waals surface area (Å²) in [6.45, 7) is 4.65. The quantitative estimate of drug-likeness (QED) is 0.857. The average Bonchev–Trinajstić information content (AvgIpc) is 3.00. The van der Waals surface area contributed by atoms with Crippen molar-refractivity contribution in [2.75, 3.05) is 56.6 Å². The zero-order valence-electron chi connectivity index (χ0n) is 13.0. The summed E-state index contributed by atoms with van der Waals surface area (Å²) >= 11 is 1.66. The molecule has 6 nitrogen and oxygen atoms in total. The van der Waals surface area contributed by atoms with E-state index in [-0.39, 0.29) is 0 Å². The lowest BCUT2D eigenvalue weighted by atomic mass is 10.3. The normalized spacial score (nSPS) is 16.0. The van der Waals surface area contributed by atoms with E-state index in [1.807, 2.05) is 13.1 Å². The fourth-order valence-corrected chi connectivity index (χ4v) is 3.44. The lowest BCUT2D eigenvalue weighted by molar-refractivity contribution is 0.311. The molecule has 116 valence electrons. The first kappa shape index (κ1) is 15.0. The minimum atomic E-state index is 0.497. The molecule has 0 spiro atoms. The summed E-state index contributed by atoms with van der Waals surface area (Å²) in [6.07, 6.45) is 0.497. The number of rotatable bonds is 4. The van der Waals surface area contributed by atoms with E-state index in [1.54, 1.807) is 11.3 Å². The Hall–Kier alpha value is -1.91. The minimum Gasteiger partial charge on any atom is -0.357 e. The van der Waals surface area contributed by atoms with Gasteiger partial charge in [-0.15, -0.1) is 11.3 Å². The van der Waals surface area contributed by atoms with Gasteiger partial charge in [0, 0.05) is 39.8 Å². The molecule has 0 aromatic carbocycles. The molecule has 0 amide bonds. The Labute approximate surface area is 134 Å². The Morgan fingerprint density at radius 1 is 1.32 bits per heavy atom. The number of anilines is 2. The van der Waals surface area contributed by atoms with E-state index in [9.17, 15) is 0 Å². The van der Waals surface area contributed by atoms with Gasteiger partial charge < -0.3 is 14.7 Å². The van der Waals surface area contributed by atoms with Gasteiger partial charge >= 0.3 is 0 Å². The van der Waals surface area contributed by atoms with E-state index in [1.165, 1.54) is 0 Å². The molecule has 0 atom stereocenters. The van der Waals surface area contributed by atoms with E-state index in [4.69, 9.17) is 15.2 Å². The van der Waals surface area contributed by atoms with Crippen molar-refractivity contribution in [3.63, 3.8) is 0 Å². The SMILES string of the molecule is CN1CCN(c2nc(N(C)CCC#N)c3sccc3n2)CC1. The van der Waals surface area contributed by atoms with Gasteiger partial charge in [-0.1, -0.05) is 0 Å². The molecule has 0 saturated carbocycles. The molecule has 3 rings (SSSR count). The molecule has 0 aliphatic carbocycles. The monoisotopic (exact) mass is 316 g/mol. The van der Waals surface area contributed by atoms with Crippen LogP contribution in [0.2, 0.25) is 0 Å². The van der Waals surface area contributed by atoms with Crippen LogP contribution in [-0.2, 0) is 0 Å². The van der Waals surface area contributed by atoms with Gasteiger partial charge in [-0.25, -0.2) is 4.98 Å². The van der Waals surface area contributed by atoms with Gasteiger partial charge in [-0.3, -0.25) is 0 Å². The molecule has 2 aromatic heterocycles. The van der Waals surface area contributed by atoms with Crippen molar-refractivity contribution < 1.29 is 0 Å². The van der Waals surface area contributed by atoms with Crippen LogP contribution in [-0.4, -0.2) is 61.7 Å². The predicted octanol–water partition coefficient (Wildman–Crippen LogP) is 1.79. The van der Waals surface area contributed by atoms with E-state index < -0.39 is 0 Å². The first-order valence-corrected chi connectivity index (χ1v) is 8.34. The first-order chi connectivity index (χ1) is 10.7. The highest BCUT2D eigenvalue weighted by atomic mass is 32.1. The largest absolute Gasteiger partial charge is 0.357 e. The fraction of sp³-hybridized carbons (Fsp3) is 0.533. The molecule has 2 aromatic rings. The zero-order valence-corrected chi connectivity index (χ0v) is 13.8. The van der Waals surface area contributed by atoms with Gasteiger partial charge in [-0.2, -0.15) is 10.2 Å². The van der Waals surface area contributed by atoms with Crippen molar-refractivity contribution in [2.45, 2.75) is 6.42 Å². The van der Waals surface area contributed by atoms with Crippen LogP contribution in [0.25, 0.3) is 10.2 Å². The highest BCUT2D eigenvalue weighted by molar-refractivity contribution is 7.17. The molecular weight excluding hydrogens is 296 g/mol. The number of piperazine rings is 1. The van der Waals surface area contributed by atoms with Crippen LogP contribution in [0.5, 0.6) is 0 Å². The minimum absolute atomic E-state index is 0.497. The molecule has 0 unspecified atom stereocenters. The number of likely N-dealkylation sites (N-methyl/N-ethyl adjacent to an activating group) is 1. The summed E-state index contributed by atoms with van der Waals surface area (Å²) in [5.74, 6) is 1.74. The van der Waals surface area contributed by atoms with Crippen LogP contribution >= 0.6 is 11.3 Å². The van der Waals surface area contributed by atoms with Crippen molar-refractivity contribution >= 4 is 33.3 Å².